The first-order chi connectivity index (χ1) is 12.1. The van der Waals surface area contributed by atoms with Crippen molar-refractivity contribution in [1.82, 2.24) is 5.32 Å². The third kappa shape index (κ3) is 3.43. The Hall–Kier alpha value is -1.88. The number of carbonyl (C=O) groups excluding carboxylic acids is 2. The number of rotatable bonds is 4. The number of benzene rings is 1. The Labute approximate surface area is 156 Å². The van der Waals surface area contributed by atoms with Crippen molar-refractivity contribution in [2.75, 3.05) is 6.61 Å². The lowest BCUT2D eigenvalue weighted by Crippen LogP contribution is -2.35. The Morgan fingerprint density at radius 1 is 1.24 bits per heavy atom. The van der Waals surface area contributed by atoms with E-state index >= 15 is 0 Å². The maximum atomic E-state index is 12.7. The fraction of sp³-hybridized carbons (Fsp3) is 0.400. The van der Waals surface area contributed by atoms with Gasteiger partial charge in [-0.3, -0.25) is 4.79 Å². The van der Waals surface area contributed by atoms with E-state index < -0.39 is 0 Å². The van der Waals surface area contributed by atoms with E-state index in [-0.39, 0.29) is 17.7 Å². The topological polar surface area (TPSA) is 55.4 Å². The van der Waals surface area contributed by atoms with Crippen molar-refractivity contribution in [3.63, 3.8) is 0 Å². The molecule has 1 heterocycles. The maximum Gasteiger partial charge on any atom is 0.336 e. The zero-order valence-corrected chi connectivity index (χ0v) is 16.1. The minimum atomic E-state index is -0.355. The van der Waals surface area contributed by atoms with Crippen LogP contribution in [0.5, 0.6) is 0 Å². The largest absolute Gasteiger partial charge is 0.463 e. The molecule has 2 aliphatic rings. The molecule has 1 aliphatic heterocycles. The zero-order valence-electron chi connectivity index (χ0n) is 14.5. The second kappa shape index (κ2) is 7.56. The summed E-state index contributed by atoms with van der Waals surface area (Å²) in [7, 11) is 0. The van der Waals surface area contributed by atoms with Crippen molar-refractivity contribution in [3.05, 3.63) is 56.8 Å². The van der Waals surface area contributed by atoms with E-state index in [4.69, 9.17) is 4.74 Å². The highest BCUT2D eigenvalue weighted by atomic mass is 79.9. The molecule has 0 saturated heterocycles. The molecule has 0 spiro atoms. The van der Waals surface area contributed by atoms with Gasteiger partial charge in [-0.25, -0.2) is 4.79 Å². The van der Waals surface area contributed by atoms with Gasteiger partial charge in [0, 0.05) is 33.8 Å². The summed E-state index contributed by atoms with van der Waals surface area (Å²) in [5.41, 5.74) is 4.07. The molecule has 1 aromatic rings. The highest BCUT2D eigenvalue weighted by molar-refractivity contribution is 9.10. The number of carbonyl (C=O) groups is 2. The summed E-state index contributed by atoms with van der Waals surface area (Å²) in [6.07, 6.45) is 2.91. The number of ketones is 1. The average molecular weight is 404 g/mol. The summed E-state index contributed by atoms with van der Waals surface area (Å²) in [5, 5.41) is 3.36. The molecule has 5 heteroatoms. The van der Waals surface area contributed by atoms with Crippen LogP contribution in [0, 0.1) is 0 Å². The number of nitrogens with one attached hydrogen (secondary N) is 1. The minimum absolute atomic E-state index is 0.124. The minimum Gasteiger partial charge on any atom is -0.463 e. The molecule has 1 N–H and O–H groups in total. The third-order valence-electron chi connectivity index (χ3n) is 4.71. The third-order valence-corrected chi connectivity index (χ3v) is 5.24. The number of hydrogen-bond acceptors (Lipinski definition) is 4. The molecule has 4 nitrogen and oxygen atoms in total. The molecule has 25 heavy (non-hydrogen) atoms. The number of dihydropyridines is 1. The van der Waals surface area contributed by atoms with E-state index in [2.05, 4.69) is 21.2 Å². The molecule has 0 unspecified atom stereocenters. The second-order valence-corrected chi connectivity index (χ2v) is 7.16. The predicted octanol–water partition coefficient (Wildman–Crippen LogP) is 4.37. The van der Waals surface area contributed by atoms with Gasteiger partial charge >= 0.3 is 5.97 Å². The van der Waals surface area contributed by atoms with Gasteiger partial charge in [0.25, 0.3) is 0 Å². The quantitative estimate of drug-likeness (QED) is 0.758. The van der Waals surface area contributed by atoms with Crippen LogP contribution in [0.25, 0.3) is 0 Å². The molecule has 0 bridgehead atoms. The van der Waals surface area contributed by atoms with Crippen LogP contribution >= 0.6 is 15.9 Å². The Bertz CT molecular complexity index is 762. The van der Waals surface area contributed by atoms with Gasteiger partial charge in [0.2, 0.25) is 0 Å². The van der Waals surface area contributed by atoms with Crippen LogP contribution < -0.4 is 5.32 Å². The van der Waals surface area contributed by atoms with Crippen molar-refractivity contribution in [2.24, 2.45) is 0 Å². The van der Waals surface area contributed by atoms with Gasteiger partial charge in [-0.1, -0.05) is 35.0 Å². The summed E-state index contributed by atoms with van der Waals surface area (Å²) in [6.45, 7) is 4.12. The average Bonchev–Trinajstić information content (AvgIpc) is 2.61. The van der Waals surface area contributed by atoms with Crippen molar-refractivity contribution < 1.29 is 14.3 Å². The monoisotopic (exact) mass is 403 g/mol. The lowest BCUT2D eigenvalue weighted by molar-refractivity contribution is -0.138. The van der Waals surface area contributed by atoms with E-state index in [9.17, 15) is 9.59 Å². The molecule has 0 saturated carbocycles. The highest BCUT2D eigenvalue weighted by Gasteiger charge is 2.39. The summed E-state index contributed by atoms with van der Waals surface area (Å²) in [4.78, 5) is 25.5. The molecule has 0 fully saturated rings. The van der Waals surface area contributed by atoms with E-state index in [0.29, 0.717) is 25.0 Å². The van der Waals surface area contributed by atoms with Crippen LogP contribution in [-0.2, 0) is 14.3 Å². The lowest BCUT2D eigenvalue weighted by atomic mass is 9.75. The van der Waals surface area contributed by atoms with E-state index in [1.165, 1.54) is 0 Å². The van der Waals surface area contributed by atoms with Crippen molar-refractivity contribution in [1.29, 1.82) is 0 Å². The first kappa shape index (κ1) is 17.9. The van der Waals surface area contributed by atoms with Gasteiger partial charge in [0.05, 0.1) is 12.2 Å². The normalized spacial score (nSPS) is 20.3. The number of allylic oxidation sites excluding steroid dienone is 3. The number of Topliss-reactive ketones (excluding diaryl/α,β-unsaturated/α-hetero) is 1. The Kier molecular flexibility index (Phi) is 5.42. The molecule has 3 rings (SSSR count). The molecule has 1 aliphatic carbocycles. The molecular weight excluding hydrogens is 382 g/mol. The number of hydrogen-bond donors (Lipinski definition) is 1. The fourth-order valence-electron chi connectivity index (χ4n) is 3.61. The number of esters is 1. The first-order valence-corrected chi connectivity index (χ1v) is 9.55. The summed E-state index contributed by atoms with van der Waals surface area (Å²) >= 11 is 3.45. The van der Waals surface area contributed by atoms with Crippen LogP contribution in [0.15, 0.2) is 51.3 Å². The molecule has 0 radical (unpaired) electrons. The Morgan fingerprint density at radius 3 is 2.60 bits per heavy atom. The van der Waals surface area contributed by atoms with Crippen LogP contribution in [-0.4, -0.2) is 18.4 Å². The highest BCUT2D eigenvalue weighted by Crippen LogP contribution is 2.43. The molecular formula is C20H22BrNO3. The Morgan fingerprint density at radius 2 is 1.96 bits per heavy atom. The molecule has 132 valence electrons. The zero-order chi connectivity index (χ0) is 18.0. The van der Waals surface area contributed by atoms with E-state index in [1.807, 2.05) is 31.2 Å². The van der Waals surface area contributed by atoms with Gasteiger partial charge in [-0.15, -0.1) is 0 Å². The smallest absolute Gasteiger partial charge is 0.336 e. The number of halogens is 1. The SMILES string of the molecule is CCOC(=O)C1=C(CC)NC2=C(C(=O)CCC2)[C@H]1c1ccc(Br)cc1. The van der Waals surface area contributed by atoms with Crippen LogP contribution in [0.3, 0.4) is 0 Å². The summed E-state index contributed by atoms with van der Waals surface area (Å²) in [6, 6.07) is 7.83. The summed E-state index contributed by atoms with van der Waals surface area (Å²) in [5.74, 6) is -0.575. The standard InChI is InChI=1S/C20H22BrNO3/c1-3-14-19(20(24)25-4-2)17(12-8-10-13(21)11-9-12)18-15(22-14)6-5-7-16(18)23/h8-11,17,22H,3-7H2,1-2H3/t17-/m1/s1. The van der Waals surface area contributed by atoms with Gasteiger partial charge in [-0.2, -0.15) is 0 Å². The number of ether oxygens (including phenoxy) is 1. The van der Waals surface area contributed by atoms with Gasteiger partial charge in [0.15, 0.2) is 5.78 Å². The van der Waals surface area contributed by atoms with Crippen LogP contribution in [0.1, 0.15) is 51.0 Å². The molecule has 1 atom stereocenters. The van der Waals surface area contributed by atoms with Crippen molar-refractivity contribution >= 4 is 27.7 Å². The van der Waals surface area contributed by atoms with Crippen molar-refractivity contribution in [3.8, 4) is 0 Å². The van der Waals surface area contributed by atoms with Gasteiger partial charge in [0.1, 0.15) is 0 Å². The van der Waals surface area contributed by atoms with Gasteiger partial charge in [-0.05, 0) is 43.9 Å². The van der Waals surface area contributed by atoms with E-state index in [0.717, 1.165) is 39.8 Å². The van der Waals surface area contributed by atoms with Gasteiger partial charge < -0.3 is 10.1 Å². The fourth-order valence-corrected chi connectivity index (χ4v) is 3.88. The second-order valence-electron chi connectivity index (χ2n) is 6.24. The maximum absolute atomic E-state index is 12.7. The van der Waals surface area contributed by atoms with Crippen LogP contribution in [0.2, 0.25) is 0 Å². The molecule has 0 aromatic heterocycles. The van der Waals surface area contributed by atoms with Crippen LogP contribution in [0.4, 0.5) is 0 Å². The molecule has 0 amide bonds. The Balaban J connectivity index is 2.18. The first-order valence-electron chi connectivity index (χ1n) is 8.75. The lowest BCUT2D eigenvalue weighted by Gasteiger charge is -2.34. The van der Waals surface area contributed by atoms with Crippen molar-refractivity contribution in [2.45, 2.75) is 45.4 Å². The summed E-state index contributed by atoms with van der Waals surface area (Å²) < 4.78 is 6.29. The molecule has 1 aromatic carbocycles. The van der Waals surface area contributed by atoms with E-state index in [1.54, 1.807) is 6.92 Å². The predicted molar refractivity (Wildman–Crippen MR) is 99.9 cm³/mol.